The first-order chi connectivity index (χ1) is 9.56. The second-order valence-electron chi connectivity index (χ2n) is 5.11. The highest BCUT2D eigenvalue weighted by molar-refractivity contribution is 5.77. The van der Waals surface area contributed by atoms with Gasteiger partial charge in [-0.25, -0.2) is 4.79 Å². The SMILES string of the molecule is Cn1ccc(CCNC(=O)NC2CCCC2C(=O)O)n1. The molecule has 0 aromatic carbocycles. The van der Waals surface area contributed by atoms with Gasteiger partial charge in [-0.05, 0) is 18.9 Å². The average molecular weight is 280 g/mol. The lowest BCUT2D eigenvalue weighted by Gasteiger charge is -2.17. The Morgan fingerprint density at radius 2 is 2.30 bits per heavy atom. The van der Waals surface area contributed by atoms with E-state index in [0.29, 0.717) is 19.4 Å². The number of hydrogen-bond donors (Lipinski definition) is 3. The zero-order valence-electron chi connectivity index (χ0n) is 11.5. The maximum Gasteiger partial charge on any atom is 0.315 e. The smallest absolute Gasteiger partial charge is 0.315 e. The summed E-state index contributed by atoms with van der Waals surface area (Å²) in [5.74, 6) is -1.29. The zero-order valence-corrected chi connectivity index (χ0v) is 11.5. The fraction of sp³-hybridized carbons (Fsp3) is 0.615. The Kier molecular flexibility index (Phi) is 4.60. The van der Waals surface area contributed by atoms with Crippen molar-refractivity contribution in [3.8, 4) is 0 Å². The number of amides is 2. The molecule has 110 valence electrons. The Morgan fingerprint density at radius 3 is 2.95 bits per heavy atom. The van der Waals surface area contributed by atoms with E-state index in [0.717, 1.165) is 18.5 Å². The van der Waals surface area contributed by atoms with E-state index in [1.165, 1.54) is 0 Å². The van der Waals surface area contributed by atoms with Crippen LogP contribution < -0.4 is 10.6 Å². The molecule has 7 nitrogen and oxygen atoms in total. The van der Waals surface area contributed by atoms with Crippen molar-refractivity contribution < 1.29 is 14.7 Å². The molecule has 2 rings (SSSR count). The van der Waals surface area contributed by atoms with Crippen LogP contribution in [0.4, 0.5) is 4.79 Å². The summed E-state index contributed by atoms with van der Waals surface area (Å²) in [6.07, 6.45) is 4.71. The van der Waals surface area contributed by atoms with E-state index in [4.69, 9.17) is 5.11 Å². The van der Waals surface area contributed by atoms with Gasteiger partial charge in [0.1, 0.15) is 0 Å². The van der Waals surface area contributed by atoms with Crippen molar-refractivity contribution in [2.24, 2.45) is 13.0 Å². The first-order valence-electron chi connectivity index (χ1n) is 6.82. The molecule has 0 saturated heterocycles. The molecule has 0 radical (unpaired) electrons. The number of aliphatic carboxylic acids is 1. The van der Waals surface area contributed by atoms with Gasteiger partial charge in [-0.15, -0.1) is 0 Å². The third kappa shape index (κ3) is 3.72. The van der Waals surface area contributed by atoms with Crippen molar-refractivity contribution in [1.29, 1.82) is 0 Å². The van der Waals surface area contributed by atoms with Crippen LogP contribution in [-0.2, 0) is 18.3 Å². The van der Waals surface area contributed by atoms with Crippen LogP contribution >= 0.6 is 0 Å². The van der Waals surface area contributed by atoms with Crippen molar-refractivity contribution in [2.45, 2.75) is 31.7 Å². The summed E-state index contributed by atoms with van der Waals surface area (Å²) in [5, 5.41) is 18.7. The van der Waals surface area contributed by atoms with Gasteiger partial charge in [-0.2, -0.15) is 5.10 Å². The molecule has 20 heavy (non-hydrogen) atoms. The zero-order chi connectivity index (χ0) is 14.5. The van der Waals surface area contributed by atoms with E-state index in [2.05, 4.69) is 15.7 Å². The fourth-order valence-electron chi connectivity index (χ4n) is 2.55. The lowest BCUT2D eigenvalue weighted by molar-refractivity contribution is -0.142. The quantitative estimate of drug-likeness (QED) is 0.732. The minimum atomic E-state index is -0.832. The van der Waals surface area contributed by atoms with Crippen LogP contribution in [0.25, 0.3) is 0 Å². The molecule has 1 heterocycles. The molecule has 7 heteroatoms. The number of aromatic nitrogens is 2. The molecule has 0 aliphatic heterocycles. The molecule has 3 N–H and O–H groups in total. The van der Waals surface area contributed by atoms with Crippen LogP contribution in [0.15, 0.2) is 12.3 Å². The van der Waals surface area contributed by atoms with Crippen molar-refractivity contribution in [3.63, 3.8) is 0 Å². The Morgan fingerprint density at radius 1 is 1.50 bits per heavy atom. The van der Waals surface area contributed by atoms with Crippen molar-refractivity contribution >= 4 is 12.0 Å². The van der Waals surface area contributed by atoms with Gasteiger partial charge in [0.25, 0.3) is 0 Å². The van der Waals surface area contributed by atoms with Crippen LogP contribution in [0.3, 0.4) is 0 Å². The Hall–Kier alpha value is -2.05. The third-order valence-corrected chi connectivity index (χ3v) is 3.59. The molecule has 1 saturated carbocycles. The highest BCUT2D eigenvalue weighted by Gasteiger charge is 2.33. The number of carbonyl (C=O) groups is 2. The summed E-state index contributed by atoms with van der Waals surface area (Å²) < 4.78 is 1.71. The first-order valence-corrected chi connectivity index (χ1v) is 6.82. The largest absolute Gasteiger partial charge is 0.481 e. The average Bonchev–Trinajstić information content (AvgIpc) is 2.98. The molecule has 1 aromatic heterocycles. The van der Waals surface area contributed by atoms with E-state index in [9.17, 15) is 9.59 Å². The van der Waals surface area contributed by atoms with Crippen LogP contribution in [0.2, 0.25) is 0 Å². The van der Waals surface area contributed by atoms with Gasteiger partial charge in [-0.1, -0.05) is 6.42 Å². The van der Waals surface area contributed by atoms with Gasteiger partial charge in [-0.3, -0.25) is 9.48 Å². The number of carboxylic acids is 1. The summed E-state index contributed by atoms with van der Waals surface area (Å²) in [5.41, 5.74) is 0.914. The predicted octanol–water partition coefficient (Wildman–Crippen LogP) is 0.515. The van der Waals surface area contributed by atoms with E-state index in [1.807, 2.05) is 19.3 Å². The predicted molar refractivity (Wildman–Crippen MR) is 72.2 cm³/mol. The Balaban J connectivity index is 1.71. The van der Waals surface area contributed by atoms with Gasteiger partial charge >= 0.3 is 12.0 Å². The molecule has 0 bridgehead atoms. The molecular weight excluding hydrogens is 260 g/mol. The van der Waals surface area contributed by atoms with Crippen LogP contribution in [0, 0.1) is 5.92 Å². The van der Waals surface area contributed by atoms with Gasteiger partial charge in [0.05, 0.1) is 11.6 Å². The van der Waals surface area contributed by atoms with E-state index < -0.39 is 11.9 Å². The van der Waals surface area contributed by atoms with Crippen LogP contribution in [-0.4, -0.2) is 39.5 Å². The minimum Gasteiger partial charge on any atom is -0.481 e. The number of nitrogens with zero attached hydrogens (tertiary/aromatic N) is 2. The molecule has 1 aliphatic carbocycles. The van der Waals surface area contributed by atoms with Gasteiger partial charge < -0.3 is 15.7 Å². The number of hydrogen-bond acceptors (Lipinski definition) is 3. The summed E-state index contributed by atoms with van der Waals surface area (Å²) >= 11 is 0. The summed E-state index contributed by atoms with van der Waals surface area (Å²) in [6.45, 7) is 0.479. The normalized spacial score (nSPS) is 21.6. The fourth-order valence-corrected chi connectivity index (χ4v) is 2.55. The first kappa shape index (κ1) is 14.4. The third-order valence-electron chi connectivity index (χ3n) is 3.59. The topological polar surface area (TPSA) is 96.2 Å². The second-order valence-corrected chi connectivity index (χ2v) is 5.11. The van der Waals surface area contributed by atoms with Gasteiger partial charge in [0, 0.05) is 32.3 Å². The number of carbonyl (C=O) groups excluding carboxylic acids is 1. The highest BCUT2D eigenvalue weighted by Crippen LogP contribution is 2.25. The summed E-state index contributed by atoms with van der Waals surface area (Å²) in [6, 6.07) is 1.33. The molecule has 2 amide bonds. The maximum absolute atomic E-state index is 11.7. The van der Waals surface area contributed by atoms with E-state index >= 15 is 0 Å². The number of aryl methyl sites for hydroxylation is 1. The summed E-state index contributed by atoms with van der Waals surface area (Å²) in [7, 11) is 1.84. The second kappa shape index (κ2) is 6.40. The number of urea groups is 1. The molecule has 1 fully saturated rings. The van der Waals surface area contributed by atoms with Crippen molar-refractivity contribution in [2.75, 3.05) is 6.54 Å². The van der Waals surface area contributed by atoms with Gasteiger partial charge in [0.15, 0.2) is 0 Å². The number of carboxylic acid groups (broad SMARTS) is 1. The van der Waals surface area contributed by atoms with Crippen LogP contribution in [0.1, 0.15) is 25.0 Å². The molecule has 2 unspecified atom stereocenters. The lowest BCUT2D eigenvalue weighted by Crippen LogP contribution is -2.45. The molecule has 2 atom stereocenters. The van der Waals surface area contributed by atoms with Gasteiger partial charge in [0.2, 0.25) is 0 Å². The number of nitrogens with one attached hydrogen (secondary N) is 2. The molecule has 0 spiro atoms. The monoisotopic (exact) mass is 280 g/mol. The minimum absolute atomic E-state index is 0.262. The summed E-state index contributed by atoms with van der Waals surface area (Å²) in [4.78, 5) is 22.7. The molecule has 1 aliphatic rings. The van der Waals surface area contributed by atoms with E-state index in [1.54, 1.807) is 4.68 Å². The highest BCUT2D eigenvalue weighted by atomic mass is 16.4. The molecule has 1 aromatic rings. The Labute approximate surface area is 117 Å². The number of rotatable bonds is 5. The van der Waals surface area contributed by atoms with Crippen molar-refractivity contribution in [3.05, 3.63) is 18.0 Å². The van der Waals surface area contributed by atoms with Crippen molar-refractivity contribution in [1.82, 2.24) is 20.4 Å². The maximum atomic E-state index is 11.7. The molecular formula is C13H20N4O3. The Bertz CT molecular complexity index is 486. The van der Waals surface area contributed by atoms with Crippen LogP contribution in [0.5, 0.6) is 0 Å². The standard InChI is InChI=1S/C13H20N4O3/c1-17-8-6-9(16-17)5-7-14-13(20)15-11-4-2-3-10(11)12(18)19/h6,8,10-11H,2-5,7H2,1H3,(H,18,19)(H2,14,15,20). The lowest BCUT2D eigenvalue weighted by atomic mass is 10.0. The van der Waals surface area contributed by atoms with E-state index in [-0.39, 0.29) is 12.1 Å².